The van der Waals surface area contributed by atoms with E-state index >= 15 is 0 Å². The van der Waals surface area contributed by atoms with Gasteiger partial charge in [-0.25, -0.2) is 4.39 Å². The molecule has 4 rings (SSSR count). The number of ketones is 1. The summed E-state index contributed by atoms with van der Waals surface area (Å²) in [5, 5.41) is 3.96. The van der Waals surface area contributed by atoms with Crippen LogP contribution >= 0.6 is 0 Å². The molecule has 6 nitrogen and oxygen atoms in total. The Bertz CT molecular complexity index is 1130. The number of aromatic nitrogens is 2. The van der Waals surface area contributed by atoms with Gasteiger partial charge in [0.25, 0.3) is 5.91 Å². The van der Waals surface area contributed by atoms with Crippen molar-refractivity contribution in [3.8, 4) is 11.4 Å². The molecule has 0 bridgehead atoms. The van der Waals surface area contributed by atoms with Crippen molar-refractivity contribution in [3.05, 3.63) is 71.4 Å². The molecule has 32 heavy (non-hydrogen) atoms. The lowest BCUT2D eigenvalue weighted by molar-refractivity contribution is -0.127. The van der Waals surface area contributed by atoms with Gasteiger partial charge in [0, 0.05) is 24.2 Å². The number of carbonyl (C=O) groups is 2. The first kappa shape index (κ1) is 21.9. The van der Waals surface area contributed by atoms with Gasteiger partial charge in [-0.1, -0.05) is 62.3 Å². The maximum Gasteiger partial charge on any atom is 0.294 e. The number of hydrogen-bond donors (Lipinski definition) is 0. The molecule has 2 heterocycles. The summed E-state index contributed by atoms with van der Waals surface area (Å²) in [7, 11) is 0. The fourth-order valence-corrected chi connectivity index (χ4v) is 3.90. The van der Waals surface area contributed by atoms with E-state index in [9.17, 15) is 14.0 Å². The summed E-state index contributed by atoms with van der Waals surface area (Å²) in [5.74, 6) is -0.891. The van der Waals surface area contributed by atoms with Gasteiger partial charge in [-0.2, -0.15) is 4.98 Å². The zero-order valence-corrected chi connectivity index (χ0v) is 18.5. The minimum absolute atomic E-state index is 0.0277. The molecular formula is C25H26FN3O3. The number of halogens is 1. The third-order valence-corrected chi connectivity index (χ3v) is 5.79. The van der Waals surface area contributed by atoms with Crippen LogP contribution in [0.2, 0.25) is 0 Å². The normalized spacial score (nSPS) is 16.8. The third kappa shape index (κ3) is 4.61. The fraction of sp³-hybridized carbons (Fsp3) is 0.360. The summed E-state index contributed by atoms with van der Waals surface area (Å²) in [6.45, 7) is 7.13. The molecule has 2 aromatic carbocycles. The van der Waals surface area contributed by atoms with Gasteiger partial charge in [0.2, 0.25) is 17.5 Å². The smallest absolute Gasteiger partial charge is 0.294 e. The highest BCUT2D eigenvalue weighted by molar-refractivity contribution is 6.42. The highest BCUT2D eigenvalue weighted by Gasteiger charge is 2.32. The minimum atomic E-state index is -0.525. The zero-order chi connectivity index (χ0) is 22.9. The van der Waals surface area contributed by atoms with Crippen LogP contribution in [0.4, 0.5) is 4.39 Å². The molecule has 1 aliphatic heterocycles. The molecule has 0 aliphatic carbocycles. The van der Waals surface area contributed by atoms with Gasteiger partial charge >= 0.3 is 0 Å². The summed E-state index contributed by atoms with van der Waals surface area (Å²) < 4.78 is 18.9. The molecule has 0 radical (unpaired) electrons. The molecule has 3 aromatic rings. The highest BCUT2D eigenvalue weighted by atomic mass is 19.1. The van der Waals surface area contributed by atoms with Crippen molar-refractivity contribution in [2.45, 2.75) is 44.9 Å². The second-order valence-electron chi connectivity index (χ2n) is 9.21. The number of nitrogens with zero attached hydrogens (tertiary/aromatic N) is 3. The zero-order valence-electron chi connectivity index (χ0n) is 18.5. The van der Waals surface area contributed by atoms with Crippen LogP contribution in [0.1, 0.15) is 61.3 Å². The molecule has 0 N–H and O–H groups in total. The van der Waals surface area contributed by atoms with E-state index in [1.807, 2.05) is 12.1 Å². The van der Waals surface area contributed by atoms with Gasteiger partial charge in [0.15, 0.2) is 0 Å². The molecule has 1 fully saturated rings. The lowest BCUT2D eigenvalue weighted by atomic mass is 9.86. The Kier molecular flexibility index (Phi) is 5.91. The van der Waals surface area contributed by atoms with Crippen LogP contribution in [-0.2, 0) is 10.2 Å². The van der Waals surface area contributed by atoms with Gasteiger partial charge < -0.3 is 9.42 Å². The van der Waals surface area contributed by atoms with Crippen molar-refractivity contribution in [1.82, 2.24) is 15.0 Å². The Labute approximate surface area is 186 Å². The standard InChI is InChI=1S/C25H26FN3O3/c1-25(2,3)19-11-9-16(10-12-19)21(30)24(31)29-13-5-7-18(15-29)23-27-22(28-32-23)17-6-4-8-20(26)14-17/h4,6,8-12,14,18H,5,7,13,15H2,1-3H3. The molecule has 1 aliphatic rings. The van der Waals surface area contributed by atoms with E-state index in [1.54, 1.807) is 29.2 Å². The maximum absolute atomic E-state index is 13.5. The van der Waals surface area contributed by atoms with Crippen LogP contribution < -0.4 is 0 Å². The fourth-order valence-electron chi connectivity index (χ4n) is 3.90. The predicted octanol–water partition coefficient (Wildman–Crippen LogP) is 4.76. The third-order valence-electron chi connectivity index (χ3n) is 5.79. The maximum atomic E-state index is 13.5. The Morgan fingerprint density at radius 2 is 1.88 bits per heavy atom. The van der Waals surface area contributed by atoms with E-state index < -0.39 is 11.7 Å². The number of amides is 1. The molecular weight excluding hydrogens is 409 g/mol. The molecule has 1 unspecified atom stereocenters. The molecule has 7 heteroatoms. The van der Waals surface area contributed by atoms with Crippen molar-refractivity contribution >= 4 is 11.7 Å². The van der Waals surface area contributed by atoms with Crippen molar-refractivity contribution < 1.29 is 18.5 Å². The van der Waals surface area contributed by atoms with Gasteiger partial charge in [-0.15, -0.1) is 0 Å². The Morgan fingerprint density at radius 1 is 1.12 bits per heavy atom. The van der Waals surface area contributed by atoms with Crippen LogP contribution in [0.25, 0.3) is 11.4 Å². The number of hydrogen-bond acceptors (Lipinski definition) is 5. The van der Waals surface area contributed by atoms with Gasteiger partial charge in [-0.05, 0) is 36.0 Å². The molecule has 1 saturated heterocycles. The Balaban J connectivity index is 1.46. The van der Waals surface area contributed by atoms with E-state index in [4.69, 9.17) is 4.52 Å². The Morgan fingerprint density at radius 3 is 2.56 bits per heavy atom. The first-order valence-electron chi connectivity index (χ1n) is 10.8. The summed E-state index contributed by atoms with van der Waals surface area (Å²) >= 11 is 0. The minimum Gasteiger partial charge on any atom is -0.339 e. The summed E-state index contributed by atoms with van der Waals surface area (Å²) in [6, 6.07) is 13.2. The van der Waals surface area contributed by atoms with E-state index in [2.05, 4.69) is 30.9 Å². The van der Waals surface area contributed by atoms with Gasteiger partial charge in [0.1, 0.15) is 5.82 Å². The first-order valence-corrected chi connectivity index (χ1v) is 10.8. The molecule has 1 atom stereocenters. The number of carbonyl (C=O) groups excluding carboxylic acids is 2. The van der Waals surface area contributed by atoms with E-state index in [0.29, 0.717) is 35.9 Å². The van der Waals surface area contributed by atoms with E-state index in [1.165, 1.54) is 12.1 Å². The van der Waals surface area contributed by atoms with Crippen LogP contribution in [-0.4, -0.2) is 39.8 Å². The number of Topliss-reactive ketones (excluding diaryl/α,β-unsaturated/α-hetero) is 1. The molecule has 0 saturated carbocycles. The topological polar surface area (TPSA) is 76.3 Å². The summed E-state index contributed by atoms with van der Waals surface area (Å²) in [4.78, 5) is 31.6. The largest absolute Gasteiger partial charge is 0.339 e. The second-order valence-corrected chi connectivity index (χ2v) is 9.21. The van der Waals surface area contributed by atoms with Crippen molar-refractivity contribution in [2.24, 2.45) is 0 Å². The van der Waals surface area contributed by atoms with Gasteiger partial charge in [0.05, 0.1) is 5.92 Å². The lowest BCUT2D eigenvalue weighted by Gasteiger charge is -2.30. The van der Waals surface area contributed by atoms with Crippen LogP contribution in [0.15, 0.2) is 53.1 Å². The average Bonchev–Trinajstić information content (AvgIpc) is 3.28. The van der Waals surface area contributed by atoms with Crippen LogP contribution in [0, 0.1) is 5.82 Å². The summed E-state index contributed by atoms with van der Waals surface area (Å²) in [6.07, 6.45) is 1.49. The highest BCUT2D eigenvalue weighted by Crippen LogP contribution is 2.28. The number of rotatable bonds is 4. The quantitative estimate of drug-likeness (QED) is 0.436. The lowest BCUT2D eigenvalue weighted by Crippen LogP contribution is -2.42. The average molecular weight is 435 g/mol. The summed E-state index contributed by atoms with van der Waals surface area (Å²) in [5.41, 5.74) is 1.99. The number of benzene rings is 2. The van der Waals surface area contributed by atoms with E-state index in [-0.39, 0.29) is 17.2 Å². The van der Waals surface area contributed by atoms with Crippen LogP contribution in [0.3, 0.4) is 0 Å². The number of likely N-dealkylation sites (tertiary alicyclic amines) is 1. The van der Waals surface area contributed by atoms with Crippen molar-refractivity contribution in [1.29, 1.82) is 0 Å². The SMILES string of the molecule is CC(C)(C)c1ccc(C(=O)C(=O)N2CCCC(c3nc(-c4cccc(F)c4)no3)C2)cc1. The second kappa shape index (κ2) is 8.65. The molecule has 166 valence electrons. The molecule has 1 amide bonds. The first-order chi connectivity index (χ1) is 15.2. The van der Waals surface area contributed by atoms with Gasteiger partial charge in [-0.3, -0.25) is 9.59 Å². The van der Waals surface area contributed by atoms with Crippen molar-refractivity contribution in [2.75, 3.05) is 13.1 Å². The van der Waals surface area contributed by atoms with Crippen LogP contribution in [0.5, 0.6) is 0 Å². The Hall–Kier alpha value is -3.35. The molecule has 1 aromatic heterocycles. The van der Waals surface area contributed by atoms with Crippen molar-refractivity contribution in [3.63, 3.8) is 0 Å². The monoisotopic (exact) mass is 435 g/mol. The van der Waals surface area contributed by atoms with E-state index in [0.717, 1.165) is 18.4 Å². The molecule has 0 spiro atoms. The number of piperidine rings is 1. The predicted molar refractivity (Wildman–Crippen MR) is 118 cm³/mol.